The molecule has 1 atom stereocenters. The normalized spacial score (nSPS) is 16.5. The Labute approximate surface area is 188 Å². The molecule has 0 amide bonds. The monoisotopic (exact) mass is 437 g/mol. The number of rotatable bonds is 7. The van der Waals surface area contributed by atoms with Crippen LogP contribution in [0, 0.1) is 0 Å². The Bertz CT molecular complexity index is 1000. The molecule has 1 fully saturated rings. The minimum absolute atomic E-state index is 0.295. The van der Waals surface area contributed by atoms with Gasteiger partial charge in [-0.1, -0.05) is 35.9 Å². The summed E-state index contributed by atoms with van der Waals surface area (Å²) in [6.45, 7) is 6.09. The minimum atomic E-state index is 0.295. The summed E-state index contributed by atoms with van der Waals surface area (Å²) in [7, 11) is 0. The summed E-state index contributed by atoms with van der Waals surface area (Å²) < 4.78 is 2.06. The van der Waals surface area contributed by atoms with E-state index in [1.165, 1.54) is 11.1 Å². The third-order valence-electron chi connectivity index (χ3n) is 5.25. The first-order valence-electron chi connectivity index (χ1n) is 10.6. The van der Waals surface area contributed by atoms with Crippen LogP contribution in [-0.4, -0.2) is 46.2 Å². The quantitative estimate of drug-likeness (QED) is 0.438. The molecule has 3 heterocycles. The first-order chi connectivity index (χ1) is 15.2. The van der Waals surface area contributed by atoms with Crippen LogP contribution in [0.4, 0.5) is 5.82 Å². The number of hydrogen-bond donors (Lipinski definition) is 2. The largest absolute Gasteiger partial charge is 0.357 e. The lowest BCUT2D eigenvalue weighted by molar-refractivity contribution is 0.648. The maximum absolute atomic E-state index is 6.32. The van der Waals surface area contributed by atoms with Crippen molar-refractivity contribution >= 4 is 23.4 Å². The summed E-state index contributed by atoms with van der Waals surface area (Å²) in [5, 5.41) is 7.63. The van der Waals surface area contributed by atoms with Crippen molar-refractivity contribution in [2.24, 2.45) is 4.99 Å². The number of aliphatic imine (C=N–C) groups is 1. The molecule has 0 bridgehead atoms. The van der Waals surface area contributed by atoms with E-state index < -0.39 is 0 Å². The van der Waals surface area contributed by atoms with Gasteiger partial charge in [0.25, 0.3) is 0 Å². The number of imidazole rings is 1. The van der Waals surface area contributed by atoms with Crippen LogP contribution in [0.15, 0.2) is 66.3 Å². The van der Waals surface area contributed by atoms with Crippen molar-refractivity contribution in [2.75, 3.05) is 24.5 Å². The number of anilines is 1. The third-order valence-corrected chi connectivity index (χ3v) is 5.54. The second-order valence-electron chi connectivity index (χ2n) is 7.63. The lowest BCUT2D eigenvalue weighted by Crippen LogP contribution is -2.44. The lowest BCUT2D eigenvalue weighted by atomic mass is 10.1. The van der Waals surface area contributed by atoms with Crippen molar-refractivity contribution in [1.29, 1.82) is 0 Å². The summed E-state index contributed by atoms with van der Waals surface area (Å²) in [6.07, 6.45) is 8.41. The average Bonchev–Trinajstić information content (AvgIpc) is 3.45. The molecule has 4 rings (SSSR count). The van der Waals surface area contributed by atoms with E-state index in [4.69, 9.17) is 16.6 Å². The van der Waals surface area contributed by atoms with Gasteiger partial charge in [-0.15, -0.1) is 0 Å². The van der Waals surface area contributed by atoms with Crippen LogP contribution < -0.4 is 15.5 Å². The number of hydrogen-bond acceptors (Lipinski definition) is 4. The molecule has 1 aliphatic rings. The van der Waals surface area contributed by atoms with E-state index in [0.29, 0.717) is 17.6 Å². The van der Waals surface area contributed by atoms with E-state index in [-0.39, 0.29) is 0 Å². The molecule has 7 nitrogen and oxygen atoms in total. The molecule has 8 heteroatoms. The summed E-state index contributed by atoms with van der Waals surface area (Å²) in [4.78, 5) is 15.6. The average molecular weight is 438 g/mol. The Kier molecular flexibility index (Phi) is 7.04. The standard InChI is InChI=1S/C23H28ClN7/c1-2-26-23(29-20-8-11-31(16-20)22-21(24)7-4-9-27-22)28-14-18-5-3-6-19(13-18)15-30-12-10-25-17-30/h3-7,9-10,12-13,17,20H,2,8,11,14-16H2,1H3,(H2,26,28,29). The van der Waals surface area contributed by atoms with Crippen LogP contribution in [-0.2, 0) is 13.1 Å². The Morgan fingerprint density at radius 1 is 1.23 bits per heavy atom. The van der Waals surface area contributed by atoms with Crippen molar-refractivity contribution in [3.63, 3.8) is 0 Å². The fourth-order valence-corrected chi connectivity index (χ4v) is 4.02. The molecule has 0 aliphatic carbocycles. The predicted octanol–water partition coefficient (Wildman–Crippen LogP) is 3.31. The second-order valence-corrected chi connectivity index (χ2v) is 8.04. The van der Waals surface area contributed by atoms with Gasteiger partial charge in [-0.3, -0.25) is 0 Å². The van der Waals surface area contributed by atoms with Crippen molar-refractivity contribution in [3.8, 4) is 0 Å². The van der Waals surface area contributed by atoms with E-state index in [9.17, 15) is 0 Å². The molecule has 0 spiro atoms. The topological polar surface area (TPSA) is 70.4 Å². The van der Waals surface area contributed by atoms with Crippen LogP contribution in [0.25, 0.3) is 0 Å². The molecule has 1 saturated heterocycles. The van der Waals surface area contributed by atoms with E-state index in [0.717, 1.165) is 44.4 Å². The van der Waals surface area contributed by atoms with Gasteiger partial charge in [0, 0.05) is 50.8 Å². The van der Waals surface area contributed by atoms with E-state index >= 15 is 0 Å². The zero-order chi connectivity index (χ0) is 21.5. The van der Waals surface area contributed by atoms with Gasteiger partial charge in [0.15, 0.2) is 5.96 Å². The van der Waals surface area contributed by atoms with Crippen molar-refractivity contribution < 1.29 is 0 Å². The Morgan fingerprint density at radius 3 is 2.94 bits per heavy atom. The van der Waals surface area contributed by atoms with E-state index in [1.54, 1.807) is 12.4 Å². The zero-order valence-electron chi connectivity index (χ0n) is 17.7. The Balaban J connectivity index is 1.37. The number of nitrogens with one attached hydrogen (secondary N) is 2. The molecule has 1 aromatic carbocycles. The SMILES string of the molecule is CCNC(=NCc1cccc(Cn2ccnc2)c1)NC1CCN(c2ncccc2Cl)C1. The summed E-state index contributed by atoms with van der Waals surface area (Å²) in [6, 6.07) is 12.6. The van der Waals surface area contributed by atoms with Gasteiger partial charge in [-0.05, 0) is 36.6 Å². The Morgan fingerprint density at radius 2 is 2.13 bits per heavy atom. The van der Waals surface area contributed by atoms with Gasteiger partial charge in [0.2, 0.25) is 0 Å². The van der Waals surface area contributed by atoms with Crippen LogP contribution in [0.5, 0.6) is 0 Å². The van der Waals surface area contributed by atoms with Gasteiger partial charge in [0.1, 0.15) is 5.82 Å². The smallest absolute Gasteiger partial charge is 0.191 e. The second kappa shape index (κ2) is 10.3. The van der Waals surface area contributed by atoms with Crippen LogP contribution in [0.2, 0.25) is 5.02 Å². The molecule has 2 aromatic heterocycles. The highest BCUT2D eigenvalue weighted by Gasteiger charge is 2.25. The number of aromatic nitrogens is 3. The summed E-state index contributed by atoms with van der Waals surface area (Å²) in [5.74, 6) is 1.69. The molecule has 2 N–H and O–H groups in total. The highest BCUT2D eigenvalue weighted by molar-refractivity contribution is 6.32. The first kappa shape index (κ1) is 21.2. The van der Waals surface area contributed by atoms with Crippen LogP contribution >= 0.6 is 11.6 Å². The lowest BCUT2D eigenvalue weighted by Gasteiger charge is -2.20. The molecular weight excluding hydrogens is 410 g/mol. The molecule has 0 saturated carbocycles. The van der Waals surface area contributed by atoms with E-state index in [1.807, 2.05) is 24.7 Å². The van der Waals surface area contributed by atoms with Crippen molar-refractivity contribution in [3.05, 3.63) is 77.5 Å². The van der Waals surface area contributed by atoms with Gasteiger partial charge >= 0.3 is 0 Å². The van der Waals surface area contributed by atoms with Crippen molar-refractivity contribution in [1.82, 2.24) is 25.2 Å². The number of halogens is 1. The number of nitrogens with zero attached hydrogens (tertiary/aromatic N) is 5. The first-order valence-corrected chi connectivity index (χ1v) is 11.0. The maximum Gasteiger partial charge on any atom is 0.191 e. The number of benzene rings is 1. The molecular formula is C23H28ClN7. The molecule has 31 heavy (non-hydrogen) atoms. The molecule has 1 aliphatic heterocycles. The third kappa shape index (κ3) is 5.76. The molecule has 0 radical (unpaired) electrons. The van der Waals surface area contributed by atoms with Gasteiger partial charge in [-0.2, -0.15) is 0 Å². The molecule has 162 valence electrons. The van der Waals surface area contributed by atoms with Gasteiger partial charge < -0.3 is 20.1 Å². The highest BCUT2D eigenvalue weighted by Crippen LogP contribution is 2.25. The molecule has 1 unspecified atom stereocenters. The highest BCUT2D eigenvalue weighted by atomic mass is 35.5. The zero-order valence-corrected chi connectivity index (χ0v) is 18.5. The predicted molar refractivity (Wildman–Crippen MR) is 126 cm³/mol. The van der Waals surface area contributed by atoms with Crippen LogP contribution in [0.3, 0.4) is 0 Å². The summed E-state index contributed by atoms with van der Waals surface area (Å²) in [5.41, 5.74) is 2.42. The van der Waals surface area contributed by atoms with Gasteiger partial charge in [0.05, 0.1) is 17.9 Å². The van der Waals surface area contributed by atoms with Crippen LogP contribution in [0.1, 0.15) is 24.5 Å². The molecule has 3 aromatic rings. The fourth-order valence-electron chi connectivity index (χ4n) is 3.78. The Hall–Kier alpha value is -3.06. The number of pyridine rings is 1. The van der Waals surface area contributed by atoms with Crippen molar-refractivity contribution in [2.45, 2.75) is 32.5 Å². The minimum Gasteiger partial charge on any atom is -0.357 e. The number of guanidine groups is 1. The fraction of sp³-hybridized carbons (Fsp3) is 0.348. The van der Waals surface area contributed by atoms with E-state index in [2.05, 4.69) is 61.3 Å². The maximum atomic E-state index is 6.32. The summed E-state index contributed by atoms with van der Waals surface area (Å²) >= 11 is 6.32. The van der Waals surface area contributed by atoms with Gasteiger partial charge in [-0.25, -0.2) is 15.0 Å².